The van der Waals surface area contributed by atoms with Crippen LogP contribution in [0.15, 0.2) is 29.2 Å². The normalized spacial score (nSPS) is 40.4. The number of hydrogen-bond acceptors (Lipinski definition) is 4. The number of alkyl halides is 5. The first-order valence-electron chi connectivity index (χ1n) is 9.33. The minimum Gasteiger partial charge on any atom is -0.424 e. The molecule has 0 bridgehead atoms. The van der Waals surface area contributed by atoms with Crippen molar-refractivity contribution in [2.24, 2.45) is 5.92 Å². The molecule has 5 atom stereocenters. The second-order valence-corrected chi connectivity index (χ2v) is 8.08. The summed E-state index contributed by atoms with van der Waals surface area (Å²) >= 11 is 4.03. The predicted octanol–water partition coefficient (Wildman–Crippen LogP) is 4.73. The fraction of sp³-hybridized carbons (Fsp3) is 0.600. The molecule has 2 aliphatic rings. The number of hydrogen-bond donors (Lipinski definition) is 1. The zero-order valence-corrected chi connectivity index (χ0v) is 16.6. The van der Waals surface area contributed by atoms with Crippen LogP contribution in [0.3, 0.4) is 0 Å². The van der Waals surface area contributed by atoms with Crippen LogP contribution in [0.2, 0.25) is 0 Å². The number of carbonyl (C=O) groups is 1. The summed E-state index contributed by atoms with van der Waals surface area (Å²) in [6.45, 7) is 0. The lowest BCUT2D eigenvalue weighted by atomic mass is 9.65. The first kappa shape index (κ1) is 22.3. The third-order valence-electron chi connectivity index (χ3n) is 5.89. The number of thiol groups is 1. The molecule has 0 N–H and O–H groups in total. The summed E-state index contributed by atoms with van der Waals surface area (Å²) in [6.07, 6.45) is -8.58. The molecule has 9 heteroatoms. The quantitative estimate of drug-likeness (QED) is 0.320. The van der Waals surface area contributed by atoms with Crippen molar-refractivity contribution in [1.29, 1.82) is 0 Å². The highest BCUT2D eigenvalue weighted by Crippen LogP contribution is 2.51. The average Bonchev–Trinajstić information content (AvgIpc) is 2.72. The molecule has 2 saturated carbocycles. The van der Waals surface area contributed by atoms with Gasteiger partial charge in [-0.1, -0.05) is 0 Å². The van der Waals surface area contributed by atoms with Gasteiger partial charge in [0.25, 0.3) is 0 Å². The molecule has 0 aliphatic heterocycles. The van der Waals surface area contributed by atoms with Gasteiger partial charge in [0.05, 0.1) is 12.5 Å². The Balaban J connectivity index is 1.77. The van der Waals surface area contributed by atoms with Crippen molar-refractivity contribution >= 4 is 18.6 Å². The second kappa shape index (κ2) is 8.41. The third kappa shape index (κ3) is 4.00. The van der Waals surface area contributed by atoms with Gasteiger partial charge in [0.15, 0.2) is 18.0 Å². The maximum absolute atomic E-state index is 15.4. The van der Waals surface area contributed by atoms with Crippen molar-refractivity contribution in [3.05, 3.63) is 30.7 Å². The molecule has 1 radical (unpaired) electrons. The standard InChI is InChI=1S/C20H22F5O3S/c1-27-12-4-2-11(3-5-12)20(25)15(21)10-19(24,16(22)17(20)23)18(26)28-13-6-8-14(29)9-7-13/h6-12,15-17,29H,2-5H2,1H3/t11-,12-,15?,16?,17?,19?,20?. The summed E-state index contributed by atoms with van der Waals surface area (Å²) in [5, 5.41) is 0. The van der Waals surface area contributed by atoms with Crippen LogP contribution in [0.5, 0.6) is 5.75 Å². The highest BCUT2D eigenvalue weighted by atomic mass is 32.1. The van der Waals surface area contributed by atoms with E-state index in [1.165, 1.54) is 31.4 Å². The minimum absolute atomic E-state index is 0.0362. The van der Waals surface area contributed by atoms with Crippen LogP contribution in [0.1, 0.15) is 25.7 Å². The summed E-state index contributed by atoms with van der Waals surface area (Å²) in [4.78, 5) is 12.7. The van der Waals surface area contributed by atoms with Crippen LogP contribution >= 0.6 is 12.6 Å². The van der Waals surface area contributed by atoms with E-state index in [1.54, 1.807) is 0 Å². The molecule has 0 aromatic heterocycles. The van der Waals surface area contributed by atoms with Crippen molar-refractivity contribution < 1.29 is 36.2 Å². The molecule has 0 spiro atoms. The first-order valence-corrected chi connectivity index (χ1v) is 9.77. The third-order valence-corrected chi connectivity index (χ3v) is 6.18. The van der Waals surface area contributed by atoms with E-state index in [0.717, 1.165) is 0 Å². The lowest BCUT2D eigenvalue weighted by Gasteiger charge is -2.48. The smallest absolute Gasteiger partial charge is 0.352 e. The summed E-state index contributed by atoms with van der Waals surface area (Å²) in [6, 6.07) is 5.36. The van der Waals surface area contributed by atoms with Crippen molar-refractivity contribution in [2.75, 3.05) is 7.11 Å². The van der Waals surface area contributed by atoms with Crippen LogP contribution in [0.4, 0.5) is 22.0 Å². The van der Waals surface area contributed by atoms with Crippen LogP contribution in [0.25, 0.3) is 0 Å². The minimum atomic E-state index is -3.75. The molecule has 0 heterocycles. The number of carbonyl (C=O) groups excluding carboxylic acids is 1. The molecule has 3 rings (SSSR count). The van der Waals surface area contributed by atoms with Gasteiger partial charge in [-0.2, -0.15) is 0 Å². The van der Waals surface area contributed by atoms with Crippen molar-refractivity contribution in [1.82, 2.24) is 0 Å². The maximum atomic E-state index is 15.4. The average molecular weight is 437 g/mol. The molecule has 1 aromatic carbocycles. The lowest BCUT2D eigenvalue weighted by molar-refractivity contribution is -0.178. The van der Waals surface area contributed by atoms with Crippen LogP contribution < -0.4 is 4.74 Å². The fourth-order valence-corrected chi connectivity index (χ4v) is 4.24. The highest BCUT2D eigenvalue weighted by molar-refractivity contribution is 7.80. The van der Waals surface area contributed by atoms with Crippen molar-refractivity contribution in [3.8, 4) is 5.75 Å². The lowest BCUT2D eigenvalue weighted by Crippen LogP contribution is -2.68. The Morgan fingerprint density at radius 1 is 1.03 bits per heavy atom. The van der Waals surface area contributed by atoms with Crippen molar-refractivity contribution in [2.45, 2.75) is 66.5 Å². The number of esters is 1. The van der Waals surface area contributed by atoms with Gasteiger partial charge in [-0.25, -0.2) is 26.7 Å². The first-order chi connectivity index (χ1) is 13.6. The number of methoxy groups -OCH3 is 1. The Kier molecular flexibility index (Phi) is 6.48. The van der Waals surface area contributed by atoms with Gasteiger partial charge in [-0.15, -0.1) is 12.6 Å². The summed E-state index contributed by atoms with van der Waals surface area (Å²) in [5.41, 5.74) is -7.01. The Hall–Kier alpha value is -1.35. The number of rotatable bonds is 4. The van der Waals surface area contributed by atoms with E-state index in [-0.39, 0.29) is 31.1 Å². The van der Waals surface area contributed by atoms with Gasteiger partial charge in [-0.05, 0) is 55.9 Å². The van der Waals surface area contributed by atoms with Gasteiger partial charge in [0.1, 0.15) is 11.9 Å². The van der Waals surface area contributed by atoms with E-state index in [9.17, 15) is 18.0 Å². The zero-order valence-electron chi connectivity index (χ0n) is 15.7. The SMILES string of the molecule is CO[C@H]1CC[C@H](C2(F)C(F)[CH]C(F)(C(=O)Oc3ccc(S)cc3)C(F)C2F)CC1. The second-order valence-electron chi connectivity index (χ2n) is 7.56. The molecular weight excluding hydrogens is 415 g/mol. The maximum Gasteiger partial charge on any atom is 0.352 e. The predicted molar refractivity (Wildman–Crippen MR) is 98.8 cm³/mol. The van der Waals surface area contributed by atoms with E-state index in [1.807, 2.05) is 0 Å². The van der Waals surface area contributed by atoms with Crippen LogP contribution in [-0.2, 0) is 9.53 Å². The summed E-state index contributed by atoms with van der Waals surface area (Å²) in [5.74, 6) is -3.16. The molecule has 0 amide bonds. The summed E-state index contributed by atoms with van der Waals surface area (Å²) < 4.78 is 84.6. The van der Waals surface area contributed by atoms with Crippen LogP contribution in [0, 0.1) is 12.3 Å². The molecule has 1 aromatic rings. The molecule has 5 unspecified atom stereocenters. The summed E-state index contributed by atoms with van der Waals surface area (Å²) in [7, 11) is 1.48. The van der Waals surface area contributed by atoms with E-state index in [0.29, 0.717) is 17.7 Å². The largest absolute Gasteiger partial charge is 0.424 e. The molecule has 29 heavy (non-hydrogen) atoms. The Bertz CT molecular complexity index is 727. The van der Waals surface area contributed by atoms with Gasteiger partial charge in [-0.3, -0.25) is 0 Å². The number of halogens is 5. The Morgan fingerprint density at radius 3 is 2.17 bits per heavy atom. The molecule has 2 fully saturated rings. The number of benzene rings is 1. The van der Waals surface area contributed by atoms with E-state index in [2.05, 4.69) is 12.6 Å². The van der Waals surface area contributed by atoms with Gasteiger partial charge in [0, 0.05) is 12.0 Å². The zero-order chi connectivity index (χ0) is 21.4. The highest BCUT2D eigenvalue weighted by Gasteiger charge is 2.70. The van der Waals surface area contributed by atoms with Gasteiger partial charge in [0.2, 0.25) is 5.67 Å². The molecular formula is C20H22F5O3S. The fourth-order valence-electron chi connectivity index (χ4n) is 4.09. The molecule has 161 valence electrons. The van der Waals surface area contributed by atoms with Gasteiger partial charge < -0.3 is 9.47 Å². The van der Waals surface area contributed by atoms with Gasteiger partial charge >= 0.3 is 5.97 Å². The molecule has 2 aliphatic carbocycles. The Labute approximate surface area is 171 Å². The van der Waals surface area contributed by atoms with E-state index < -0.39 is 41.7 Å². The Morgan fingerprint density at radius 2 is 1.62 bits per heavy atom. The van der Waals surface area contributed by atoms with E-state index in [4.69, 9.17) is 9.47 Å². The molecule has 3 nitrogen and oxygen atoms in total. The topological polar surface area (TPSA) is 35.5 Å². The van der Waals surface area contributed by atoms with E-state index >= 15 is 8.78 Å². The van der Waals surface area contributed by atoms with Crippen molar-refractivity contribution in [3.63, 3.8) is 0 Å². The molecule has 0 saturated heterocycles. The number of ether oxygens (including phenoxy) is 2. The van der Waals surface area contributed by atoms with Crippen LogP contribution in [-0.4, -0.2) is 49.0 Å². The monoisotopic (exact) mass is 437 g/mol.